The van der Waals surface area contributed by atoms with Crippen LogP contribution in [0.25, 0.3) is 0 Å². The number of aryl methyl sites for hydroxylation is 1. The highest BCUT2D eigenvalue weighted by Gasteiger charge is 2.50. The van der Waals surface area contributed by atoms with Gasteiger partial charge in [-0.1, -0.05) is 24.3 Å². The zero-order valence-electron chi connectivity index (χ0n) is 17.3. The van der Waals surface area contributed by atoms with Crippen LogP contribution in [0.2, 0.25) is 0 Å². The SMILES string of the molecule is Cc1ccccc1[C@H]1[C@@H]2CN(C3COCCOC3)C[C@@H]2CN1C(=O)CN(C)C. The molecule has 3 saturated heterocycles. The predicted octanol–water partition coefficient (Wildman–Crippen LogP) is 1.40. The number of nitrogens with zero attached hydrogens (tertiary/aromatic N) is 3. The van der Waals surface area contributed by atoms with E-state index in [1.807, 2.05) is 19.0 Å². The molecule has 1 aromatic carbocycles. The zero-order valence-corrected chi connectivity index (χ0v) is 17.3. The number of likely N-dealkylation sites (N-methyl/N-ethyl adjacent to an activating group) is 1. The van der Waals surface area contributed by atoms with Gasteiger partial charge >= 0.3 is 0 Å². The first-order chi connectivity index (χ1) is 13.5. The maximum Gasteiger partial charge on any atom is 0.237 e. The average molecular weight is 388 g/mol. The van der Waals surface area contributed by atoms with Crippen molar-refractivity contribution in [1.82, 2.24) is 14.7 Å². The van der Waals surface area contributed by atoms with Crippen LogP contribution in [0.15, 0.2) is 24.3 Å². The van der Waals surface area contributed by atoms with E-state index in [4.69, 9.17) is 9.47 Å². The number of ether oxygens (including phenoxy) is 2. The molecule has 6 heteroatoms. The highest BCUT2D eigenvalue weighted by molar-refractivity contribution is 5.79. The first-order valence-corrected chi connectivity index (χ1v) is 10.4. The van der Waals surface area contributed by atoms with Gasteiger partial charge in [-0.25, -0.2) is 0 Å². The number of fused-ring (bicyclic) bond motifs is 1. The maximum absolute atomic E-state index is 13.0. The fraction of sp³-hybridized carbons (Fsp3) is 0.682. The summed E-state index contributed by atoms with van der Waals surface area (Å²) in [6.07, 6.45) is 0. The Morgan fingerprint density at radius 2 is 1.82 bits per heavy atom. The number of amides is 1. The number of likely N-dealkylation sites (tertiary alicyclic amines) is 2. The highest BCUT2D eigenvalue weighted by atomic mass is 16.5. The van der Waals surface area contributed by atoms with Crippen LogP contribution in [-0.2, 0) is 14.3 Å². The van der Waals surface area contributed by atoms with Crippen molar-refractivity contribution >= 4 is 5.91 Å². The third-order valence-corrected chi connectivity index (χ3v) is 6.48. The van der Waals surface area contributed by atoms with Crippen LogP contribution in [0.4, 0.5) is 0 Å². The first kappa shape index (κ1) is 19.8. The molecule has 3 atom stereocenters. The second-order valence-corrected chi connectivity index (χ2v) is 8.77. The van der Waals surface area contributed by atoms with Crippen molar-refractivity contribution in [2.75, 3.05) is 66.7 Å². The Labute approximate surface area is 168 Å². The highest BCUT2D eigenvalue weighted by Crippen LogP contribution is 2.46. The molecule has 6 nitrogen and oxygen atoms in total. The molecular weight excluding hydrogens is 354 g/mol. The molecule has 3 aliphatic heterocycles. The summed E-state index contributed by atoms with van der Waals surface area (Å²) in [5, 5.41) is 0. The minimum absolute atomic E-state index is 0.163. The maximum atomic E-state index is 13.0. The van der Waals surface area contributed by atoms with E-state index in [0.717, 1.165) is 32.8 Å². The largest absolute Gasteiger partial charge is 0.377 e. The summed E-state index contributed by atoms with van der Waals surface area (Å²) in [4.78, 5) is 19.7. The van der Waals surface area contributed by atoms with E-state index in [0.29, 0.717) is 37.6 Å². The Bertz CT molecular complexity index is 687. The Morgan fingerprint density at radius 3 is 2.50 bits per heavy atom. The Hall–Kier alpha value is -1.47. The number of benzene rings is 1. The van der Waals surface area contributed by atoms with E-state index >= 15 is 0 Å². The predicted molar refractivity (Wildman–Crippen MR) is 108 cm³/mol. The van der Waals surface area contributed by atoms with Crippen LogP contribution in [0.1, 0.15) is 17.2 Å². The van der Waals surface area contributed by atoms with Gasteiger partial charge in [-0.05, 0) is 38.1 Å². The Balaban J connectivity index is 1.57. The van der Waals surface area contributed by atoms with Gasteiger partial charge in [-0.3, -0.25) is 9.69 Å². The smallest absolute Gasteiger partial charge is 0.237 e. The summed E-state index contributed by atoms with van der Waals surface area (Å²) in [5.74, 6) is 1.22. The first-order valence-electron chi connectivity index (χ1n) is 10.4. The standard InChI is InChI=1S/C22H33N3O3/c1-16-6-4-5-7-19(16)22-20-12-24(18-14-27-8-9-28-15-18)10-17(20)11-25(22)21(26)13-23(2)3/h4-7,17-18,20,22H,8-15H2,1-3H3/t17-,20-,22+/m1/s1. The van der Waals surface area contributed by atoms with Crippen molar-refractivity contribution in [2.24, 2.45) is 11.8 Å². The molecule has 0 bridgehead atoms. The van der Waals surface area contributed by atoms with Crippen LogP contribution in [-0.4, -0.2) is 93.4 Å². The summed E-state index contributed by atoms with van der Waals surface area (Å²) in [6.45, 7) is 8.39. The molecule has 0 saturated carbocycles. The normalized spacial score (nSPS) is 29.3. The quantitative estimate of drug-likeness (QED) is 0.782. The summed E-state index contributed by atoms with van der Waals surface area (Å²) in [7, 11) is 3.93. The van der Waals surface area contributed by atoms with Crippen molar-refractivity contribution in [3.05, 3.63) is 35.4 Å². The van der Waals surface area contributed by atoms with E-state index in [-0.39, 0.29) is 11.9 Å². The van der Waals surface area contributed by atoms with Crippen molar-refractivity contribution in [3.63, 3.8) is 0 Å². The second-order valence-electron chi connectivity index (χ2n) is 8.77. The molecule has 3 heterocycles. The number of hydrogen-bond acceptors (Lipinski definition) is 5. The van der Waals surface area contributed by atoms with Crippen LogP contribution < -0.4 is 0 Å². The van der Waals surface area contributed by atoms with Crippen LogP contribution in [0.5, 0.6) is 0 Å². The molecule has 0 spiro atoms. The van der Waals surface area contributed by atoms with Gasteiger partial charge in [0.15, 0.2) is 0 Å². The van der Waals surface area contributed by atoms with Crippen LogP contribution in [0.3, 0.4) is 0 Å². The van der Waals surface area contributed by atoms with Crippen LogP contribution >= 0.6 is 0 Å². The molecule has 28 heavy (non-hydrogen) atoms. The number of hydrogen-bond donors (Lipinski definition) is 0. The number of rotatable bonds is 4. The van der Waals surface area contributed by atoms with E-state index in [1.165, 1.54) is 11.1 Å². The molecule has 0 aliphatic carbocycles. The lowest BCUT2D eigenvalue weighted by Crippen LogP contribution is -2.44. The number of carbonyl (C=O) groups excluding carboxylic acids is 1. The monoisotopic (exact) mass is 387 g/mol. The molecule has 1 amide bonds. The van der Waals surface area contributed by atoms with E-state index < -0.39 is 0 Å². The molecule has 0 aromatic heterocycles. The van der Waals surface area contributed by atoms with E-state index in [9.17, 15) is 4.79 Å². The molecule has 0 N–H and O–H groups in total. The molecule has 0 radical (unpaired) electrons. The topological polar surface area (TPSA) is 45.3 Å². The Kier molecular flexibility index (Phi) is 6.01. The third kappa shape index (κ3) is 3.96. The van der Waals surface area contributed by atoms with Gasteiger partial charge < -0.3 is 19.3 Å². The second kappa shape index (κ2) is 8.49. The molecule has 0 unspecified atom stereocenters. The lowest BCUT2D eigenvalue weighted by atomic mass is 9.87. The fourth-order valence-electron chi connectivity index (χ4n) is 5.13. The van der Waals surface area contributed by atoms with Crippen molar-refractivity contribution in [3.8, 4) is 0 Å². The van der Waals surface area contributed by atoms with Gasteiger partial charge in [0.05, 0.1) is 45.1 Å². The minimum atomic E-state index is 0.163. The zero-order chi connectivity index (χ0) is 19.7. The van der Waals surface area contributed by atoms with Gasteiger partial charge in [-0.15, -0.1) is 0 Å². The molecule has 4 rings (SSSR count). The van der Waals surface area contributed by atoms with Gasteiger partial charge in [0.25, 0.3) is 0 Å². The van der Waals surface area contributed by atoms with E-state index in [2.05, 4.69) is 41.0 Å². The average Bonchev–Trinajstić information content (AvgIpc) is 3.08. The molecular formula is C22H33N3O3. The van der Waals surface area contributed by atoms with Gasteiger partial charge in [-0.2, -0.15) is 0 Å². The minimum Gasteiger partial charge on any atom is -0.377 e. The van der Waals surface area contributed by atoms with E-state index in [1.54, 1.807) is 0 Å². The van der Waals surface area contributed by atoms with Crippen LogP contribution in [0, 0.1) is 18.8 Å². The fourth-order valence-corrected chi connectivity index (χ4v) is 5.13. The Morgan fingerprint density at radius 1 is 1.11 bits per heavy atom. The number of carbonyl (C=O) groups is 1. The summed E-state index contributed by atoms with van der Waals surface area (Å²) >= 11 is 0. The van der Waals surface area contributed by atoms with Crippen molar-refractivity contribution in [1.29, 1.82) is 0 Å². The molecule has 3 aliphatic rings. The summed E-state index contributed by atoms with van der Waals surface area (Å²) in [6, 6.07) is 9.05. The lowest BCUT2D eigenvalue weighted by molar-refractivity contribution is -0.133. The summed E-state index contributed by atoms with van der Waals surface area (Å²) < 4.78 is 11.5. The summed E-state index contributed by atoms with van der Waals surface area (Å²) in [5.41, 5.74) is 2.58. The molecule has 1 aromatic rings. The third-order valence-electron chi connectivity index (χ3n) is 6.48. The molecule has 154 valence electrons. The van der Waals surface area contributed by atoms with Crippen molar-refractivity contribution in [2.45, 2.75) is 19.0 Å². The molecule has 3 fully saturated rings. The van der Waals surface area contributed by atoms with Gasteiger partial charge in [0.1, 0.15) is 0 Å². The lowest BCUT2D eigenvalue weighted by Gasteiger charge is -2.33. The van der Waals surface area contributed by atoms with Crippen molar-refractivity contribution < 1.29 is 14.3 Å². The van der Waals surface area contributed by atoms with Gasteiger partial charge in [0, 0.05) is 25.6 Å². The van der Waals surface area contributed by atoms with Gasteiger partial charge in [0.2, 0.25) is 5.91 Å².